The van der Waals surface area contributed by atoms with Crippen LogP contribution in [0.5, 0.6) is 0 Å². The SMILES string of the molecule is CC(F)(C1CCCC1)C1CCNC1. The number of hydrogen-bond acceptors (Lipinski definition) is 1. The second kappa shape index (κ2) is 3.56. The molecule has 0 bridgehead atoms. The van der Waals surface area contributed by atoms with Crippen LogP contribution in [-0.2, 0) is 0 Å². The number of alkyl halides is 1. The van der Waals surface area contributed by atoms with Crippen LogP contribution in [-0.4, -0.2) is 18.8 Å². The summed E-state index contributed by atoms with van der Waals surface area (Å²) in [5, 5.41) is 3.26. The van der Waals surface area contributed by atoms with E-state index in [1.165, 1.54) is 12.8 Å². The van der Waals surface area contributed by atoms with Gasteiger partial charge in [0, 0.05) is 12.5 Å². The van der Waals surface area contributed by atoms with Gasteiger partial charge in [-0.05, 0) is 38.6 Å². The minimum Gasteiger partial charge on any atom is -0.316 e. The Morgan fingerprint density at radius 2 is 1.85 bits per heavy atom. The minimum absolute atomic E-state index is 0.274. The Hall–Kier alpha value is -0.110. The Bertz CT molecular complexity index is 149. The molecule has 1 N–H and O–H groups in total. The van der Waals surface area contributed by atoms with E-state index in [4.69, 9.17) is 0 Å². The van der Waals surface area contributed by atoms with Crippen molar-refractivity contribution in [2.24, 2.45) is 11.8 Å². The van der Waals surface area contributed by atoms with E-state index < -0.39 is 5.67 Å². The van der Waals surface area contributed by atoms with Crippen molar-refractivity contribution in [1.82, 2.24) is 5.32 Å². The van der Waals surface area contributed by atoms with Gasteiger partial charge in [0.25, 0.3) is 0 Å². The molecule has 2 heteroatoms. The van der Waals surface area contributed by atoms with Gasteiger partial charge in [-0.1, -0.05) is 12.8 Å². The van der Waals surface area contributed by atoms with Crippen LogP contribution < -0.4 is 5.32 Å². The summed E-state index contributed by atoms with van der Waals surface area (Å²) in [4.78, 5) is 0. The zero-order valence-electron chi connectivity index (χ0n) is 8.48. The van der Waals surface area contributed by atoms with Crippen LogP contribution in [0.1, 0.15) is 39.0 Å². The Kier molecular flexibility index (Phi) is 2.59. The molecule has 1 heterocycles. The smallest absolute Gasteiger partial charge is 0.115 e. The predicted octanol–water partition coefficient (Wildman–Crippen LogP) is 2.51. The molecule has 1 saturated carbocycles. The average Bonchev–Trinajstić information content (AvgIpc) is 2.78. The van der Waals surface area contributed by atoms with Crippen molar-refractivity contribution >= 4 is 0 Å². The maximum absolute atomic E-state index is 14.5. The molecule has 1 aliphatic heterocycles. The van der Waals surface area contributed by atoms with E-state index in [-0.39, 0.29) is 5.92 Å². The number of rotatable bonds is 2. The summed E-state index contributed by atoms with van der Waals surface area (Å²) in [5.74, 6) is 0.619. The zero-order chi connectivity index (χ0) is 9.31. The molecule has 2 unspecified atom stereocenters. The molecule has 0 spiro atoms. The third-order valence-electron chi connectivity index (χ3n) is 4.01. The molecule has 0 aromatic rings. The van der Waals surface area contributed by atoms with E-state index in [1.54, 1.807) is 0 Å². The molecule has 1 nitrogen and oxygen atoms in total. The molecular weight excluding hydrogens is 165 g/mol. The van der Waals surface area contributed by atoms with Crippen LogP contribution in [0.4, 0.5) is 4.39 Å². The maximum Gasteiger partial charge on any atom is 0.115 e. The van der Waals surface area contributed by atoms with E-state index in [2.05, 4.69) is 5.32 Å². The van der Waals surface area contributed by atoms with Gasteiger partial charge < -0.3 is 5.32 Å². The van der Waals surface area contributed by atoms with Crippen LogP contribution in [0.15, 0.2) is 0 Å². The maximum atomic E-state index is 14.5. The van der Waals surface area contributed by atoms with Gasteiger partial charge in [0.1, 0.15) is 5.67 Å². The summed E-state index contributed by atoms with van der Waals surface area (Å²) < 4.78 is 14.5. The van der Waals surface area contributed by atoms with Crippen LogP contribution in [0.3, 0.4) is 0 Å². The highest BCUT2D eigenvalue weighted by atomic mass is 19.1. The highest BCUT2D eigenvalue weighted by Gasteiger charge is 2.43. The number of hydrogen-bond donors (Lipinski definition) is 1. The standard InChI is InChI=1S/C11H20FN/c1-11(12,9-4-2-3-5-9)10-6-7-13-8-10/h9-10,13H,2-8H2,1H3. The molecule has 0 amide bonds. The van der Waals surface area contributed by atoms with Gasteiger partial charge in [0.15, 0.2) is 0 Å². The Labute approximate surface area is 80.1 Å². The topological polar surface area (TPSA) is 12.0 Å². The second-order valence-corrected chi connectivity index (χ2v) is 4.82. The lowest BCUT2D eigenvalue weighted by molar-refractivity contribution is 0.0448. The zero-order valence-corrected chi connectivity index (χ0v) is 8.48. The highest BCUT2D eigenvalue weighted by molar-refractivity contribution is 4.94. The van der Waals surface area contributed by atoms with E-state index >= 15 is 0 Å². The Balaban J connectivity index is 1.99. The van der Waals surface area contributed by atoms with Crippen LogP contribution in [0.25, 0.3) is 0 Å². The van der Waals surface area contributed by atoms with E-state index in [1.807, 2.05) is 6.92 Å². The van der Waals surface area contributed by atoms with Crippen molar-refractivity contribution in [1.29, 1.82) is 0 Å². The molecule has 76 valence electrons. The van der Waals surface area contributed by atoms with Crippen molar-refractivity contribution in [3.05, 3.63) is 0 Å². The molecule has 1 aliphatic carbocycles. The fourth-order valence-corrected chi connectivity index (χ4v) is 2.96. The quantitative estimate of drug-likeness (QED) is 0.697. The van der Waals surface area contributed by atoms with Gasteiger partial charge in [-0.3, -0.25) is 0 Å². The third-order valence-corrected chi connectivity index (χ3v) is 4.01. The van der Waals surface area contributed by atoms with Gasteiger partial charge in [-0.25, -0.2) is 4.39 Å². The summed E-state index contributed by atoms with van der Waals surface area (Å²) in [6.45, 7) is 3.74. The first-order valence-electron chi connectivity index (χ1n) is 5.61. The monoisotopic (exact) mass is 185 g/mol. The molecule has 2 aliphatic rings. The van der Waals surface area contributed by atoms with Gasteiger partial charge in [0.2, 0.25) is 0 Å². The molecule has 2 rings (SSSR count). The molecule has 1 saturated heterocycles. The van der Waals surface area contributed by atoms with E-state index in [0.717, 1.165) is 32.4 Å². The van der Waals surface area contributed by atoms with Gasteiger partial charge in [-0.2, -0.15) is 0 Å². The van der Waals surface area contributed by atoms with Crippen molar-refractivity contribution in [2.75, 3.05) is 13.1 Å². The highest BCUT2D eigenvalue weighted by Crippen LogP contribution is 2.42. The first-order valence-corrected chi connectivity index (χ1v) is 5.61. The summed E-state index contributed by atoms with van der Waals surface area (Å²) in [6.07, 6.45) is 5.74. The Morgan fingerprint density at radius 1 is 1.15 bits per heavy atom. The first-order chi connectivity index (χ1) is 6.21. The molecule has 2 fully saturated rings. The molecule has 0 aromatic heterocycles. The summed E-state index contributed by atoms with van der Waals surface area (Å²) in [6, 6.07) is 0. The minimum atomic E-state index is -0.903. The van der Waals surface area contributed by atoms with Crippen molar-refractivity contribution in [2.45, 2.75) is 44.7 Å². The molecule has 2 atom stereocenters. The molecule has 0 radical (unpaired) electrons. The summed E-state index contributed by atoms with van der Waals surface area (Å²) >= 11 is 0. The van der Waals surface area contributed by atoms with Gasteiger partial charge in [-0.15, -0.1) is 0 Å². The van der Waals surface area contributed by atoms with E-state index in [9.17, 15) is 4.39 Å². The lowest BCUT2D eigenvalue weighted by atomic mass is 9.78. The number of halogens is 1. The van der Waals surface area contributed by atoms with Crippen molar-refractivity contribution in [3.63, 3.8) is 0 Å². The van der Waals surface area contributed by atoms with E-state index in [0.29, 0.717) is 5.92 Å². The number of nitrogens with one attached hydrogen (secondary N) is 1. The van der Waals surface area contributed by atoms with Gasteiger partial charge >= 0.3 is 0 Å². The van der Waals surface area contributed by atoms with Crippen molar-refractivity contribution < 1.29 is 4.39 Å². The summed E-state index contributed by atoms with van der Waals surface area (Å²) in [5.41, 5.74) is -0.903. The second-order valence-electron chi connectivity index (χ2n) is 4.82. The lowest BCUT2D eigenvalue weighted by Crippen LogP contribution is -2.38. The normalized spacial score (nSPS) is 35.1. The third kappa shape index (κ3) is 1.74. The van der Waals surface area contributed by atoms with Crippen LogP contribution in [0, 0.1) is 11.8 Å². The molecule has 13 heavy (non-hydrogen) atoms. The van der Waals surface area contributed by atoms with Crippen molar-refractivity contribution in [3.8, 4) is 0 Å². The largest absolute Gasteiger partial charge is 0.316 e. The fourth-order valence-electron chi connectivity index (χ4n) is 2.96. The molecule has 0 aromatic carbocycles. The van der Waals surface area contributed by atoms with Gasteiger partial charge in [0.05, 0.1) is 0 Å². The van der Waals surface area contributed by atoms with Crippen LogP contribution in [0.2, 0.25) is 0 Å². The first kappa shape index (κ1) is 9.45. The Morgan fingerprint density at radius 3 is 2.38 bits per heavy atom. The predicted molar refractivity (Wildman–Crippen MR) is 52.4 cm³/mol. The summed E-state index contributed by atoms with van der Waals surface area (Å²) in [7, 11) is 0. The molecular formula is C11H20FN. The lowest BCUT2D eigenvalue weighted by Gasteiger charge is -2.32. The van der Waals surface area contributed by atoms with Crippen LogP contribution >= 0.6 is 0 Å². The average molecular weight is 185 g/mol. The fraction of sp³-hybridized carbons (Fsp3) is 1.00.